The summed E-state index contributed by atoms with van der Waals surface area (Å²) >= 11 is 0. The Labute approximate surface area is 583 Å². The van der Waals surface area contributed by atoms with Crippen LogP contribution in [0.3, 0.4) is 0 Å². The summed E-state index contributed by atoms with van der Waals surface area (Å²) in [4.78, 5) is 24.7. The highest BCUT2D eigenvalue weighted by Gasteiger charge is 2.51. The van der Waals surface area contributed by atoms with Crippen LogP contribution >= 0.6 is 0 Å². The summed E-state index contributed by atoms with van der Waals surface area (Å²) in [6, 6.07) is 43.6. The molecule has 4 aromatic rings. The summed E-state index contributed by atoms with van der Waals surface area (Å²) in [6.45, 7) is 20.1. The third-order valence-electron chi connectivity index (χ3n) is 19.1. The van der Waals surface area contributed by atoms with Crippen LogP contribution in [0.1, 0.15) is 340 Å². The Hall–Kier alpha value is -3.77. The molecule has 0 saturated heterocycles. The van der Waals surface area contributed by atoms with E-state index in [2.05, 4.69) is 189 Å². The van der Waals surface area contributed by atoms with Gasteiger partial charge in [-0.3, -0.25) is 9.59 Å². The first-order chi connectivity index (χ1) is 44.6. The average Bonchev–Trinajstić information content (AvgIpc) is 0.761. The first-order valence-corrected chi connectivity index (χ1v) is 42.0. The Kier molecular flexibility index (Phi) is 51.8. The number of carbonyl (C=O) groups is 2. The minimum atomic E-state index is -2.44. The van der Waals surface area contributed by atoms with Crippen molar-refractivity contribution in [2.24, 2.45) is 0 Å². The van der Waals surface area contributed by atoms with E-state index in [-0.39, 0.29) is 24.9 Å². The van der Waals surface area contributed by atoms with Crippen LogP contribution in [0, 0.1) is 0 Å². The monoisotopic (exact) mass is 1330 g/mol. The summed E-state index contributed by atoms with van der Waals surface area (Å²) in [6.07, 6.45) is 51.2. The van der Waals surface area contributed by atoms with E-state index in [0.717, 1.165) is 135 Å². The fraction of sp³-hybridized carbons (Fsp3) is 0.674. The number of Topliss-reactive ketones (excluding diaryl/α,β-unsaturated/α-hetero) is 2. The van der Waals surface area contributed by atoms with Gasteiger partial charge in [-0.2, -0.15) is 0 Å². The van der Waals surface area contributed by atoms with E-state index in [1.54, 1.807) is 0 Å². The van der Waals surface area contributed by atoms with Crippen LogP contribution < -0.4 is 20.7 Å². The van der Waals surface area contributed by atoms with Crippen molar-refractivity contribution in [3.8, 4) is 0 Å². The lowest BCUT2D eigenvalue weighted by molar-refractivity contribution is -0.120. The number of aliphatic hydroxyl groups is 2. The summed E-state index contributed by atoms with van der Waals surface area (Å²) in [5.41, 5.74) is 0. The van der Waals surface area contributed by atoms with Crippen molar-refractivity contribution in [3.63, 3.8) is 0 Å². The minimum Gasteiger partial charge on any atom is -0.407 e. The van der Waals surface area contributed by atoms with Gasteiger partial charge in [-0.05, 0) is 108 Å². The van der Waals surface area contributed by atoms with E-state index in [4.69, 9.17) is 8.85 Å². The number of ketones is 2. The van der Waals surface area contributed by atoms with Crippen LogP contribution in [0.15, 0.2) is 133 Å². The first-order valence-electron chi connectivity index (χ1n) is 38.2. The zero-order valence-corrected chi connectivity index (χ0v) is 62.5. The van der Waals surface area contributed by atoms with Gasteiger partial charge in [0, 0.05) is 38.9 Å². The second-order valence-electron chi connectivity index (χ2n) is 29.2. The molecule has 94 heavy (non-hydrogen) atoms. The number of carbonyl (C=O) groups excluding carboxylic acids is 2. The van der Waals surface area contributed by atoms with Crippen molar-refractivity contribution in [3.05, 3.63) is 133 Å². The highest BCUT2D eigenvalue weighted by atomic mass is 28.4. The molecule has 0 bridgehead atoms. The minimum absolute atomic E-state index is 0. The molecule has 0 radical (unpaired) electrons. The molecule has 0 aliphatic heterocycles. The third-order valence-corrected chi connectivity index (χ3v) is 29.2. The zero-order valence-electron chi connectivity index (χ0n) is 60.5. The third kappa shape index (κ3) is 36.7. The molecule has 0 aliphatic carbocycles. The van der Waals surface area contributed by atoms with Crippen molar-refractivity contribution in [1.82, 2.24) is 0 Å². The second-order valence-corrected chi connectivity index (χ2v) is 37.8. The van der Waals surface area contributed by atoms with Crippen molar-refractivity contribution < 1.29 is 28.7 Å². The van der Waals surface area contributed by atoms with E-state index >= 15 is 0 Å². The molecule has 4 aromatic carbocycles. The predicted molar refractivity (Wildman–Crippen MR) is 417 cm³/mol. The molecular weight excluding hydrogens is 1190 g/mol. The zero-order chi connectivity index (χ0) is 66.7. The fourth-order valence-corrected chi connectivity index (χ4v) is 22.8. The molecule has 0 fully saturated rings. The van der Waals surface area contributed by atoms with Gasteiger partial charge < -0.3 is 19.1 Å². The van der Waals surface area contributed by atoms with E-state index in [0.29, 0.717) is 18.0 Å². The maximum absolute atomic E-state index is 12.4. The molecule has 4 rings (SSSR count). The van der Waals surface area contributed by atoms with Crippen molar-refractivity contribution in [2.45, 2.75) is 362 Å². The van der Waals surface area contributed by atoms with Crippen LogP contribution in [0.5, 0.6) is 0 Å². The standard InChI is InChI=1S/C42H70O4Si.C42H68O2Si.2CH4/c1-5-6-7-12-25-34-40(44)41(45)35-26-15-9-8-13-19-28-37(43)29-20-14-10-11-16-27-36-46-47(42(2,3)4,38-30-21-17-22-31-38)39-32-23-18-24-33-39;1-5-6-7-8-9-10-11-12-13-14-15-16-17-20-25-32-39(43)33-26-21-18-19-22-31-38-44-45(42(2,3)4,40-34-27-23-28-35-40)41-36-29-24-30-37-41;;/h17-18,21-24,30-33,40-41,44-45H,5-16,19-20,25-29,34-36H2,1-4H3;11-12,23-24,27-30,34-37H,5-10,13-22,25-26,31-33,38H2,1-4H3;2*1H4/b;12-11-;;. The number of hydrogen-bond donors (Lipinski definition) is 2. The first kappa shape index (κ1) is 88.2. The van der Waals surface area contributed by atoms with E-state index in [1.807, 2.05) is 0 Å². The van der Waals surface area contributed by atoms with Crippen molar-refractivity contribution in [1.29, 1.82) is 0 Å². The second kappa shape index (κ2) is 55.2. The van der Waals surface area contributed by atoms with Crippen molar-refractivity contribution >= 4 is 48.9 Å². The normalized spacial score (nSPS) is 12.6. The van der Waals surface area contributed by atoms with Gasteiger partial charge in [0.1, 0.15) is 11.6 Å². The van der Waals surface area contributed by atoms with Gasteiger partial charge in [-0.15, -0.1) is 0 Å². The number of benzene rings is 4. The van der Waals surface area contributed by atoms with Gasteiger partial charge in [0.25, 0.3) is 16.6 Å². The maximum atomic E-state index is 12.4. The molecule has 2 unspecified atom stereocenters. The number of aliphatic hydroxyl groups excluding tert-OH is 2. The van der Waals surface area contributed by atoms with Gasteiger partial charge in [0.05, 0.1) is 12.2 Å². The molecule has 534 valence electrons. The maximum Gasteiger partial charge on any atom is 0.261 e. The van der Waals surface area contributed by atoms with Gasteiger partial charge in [-0.1, -0.05) is 371 Å². The quantitative estimate of drug-likeness (QED) is 0.0260. The van der Waals surface area contributed by atoms with Crippen molar-refractivity contribution in [2.75, 3.05) is 13.2 Å². The van der Waals surface area contributed by atoms with E-state index in [9.17, 15) is 19.8 Å². The van der Waals surface area contributed by atoms with Gasteiger partial charge in [-0.25, -0.2) is 0 Å². The largest absolute Gasteiger partial charge is 0.407 e. The van der Waals surface area contributed by atoms with Crippen LogP contribution in [-0.2, 0) is 18.4 Å². The smallest absolute Gasteiger partial charge is 0.261 e. The number of unbranched alkanes of at least 4 members (excludes halogenated alkanes) is 30. The van der Waals surface area contributed by atoms with Crippen LogP contribution in [0.2, 0.25) is 10.1 Å². The topological polar surface area (TPSA) is 93.1 Å². The number of allylic oxidation sites excluding steroid dienone is 2. The number of rotatable bonds is 55. The molecule has 8 heteroatoms. The van der Waals surface area contributed by atoms with Crippen LogP contribution in [0.25, 0.3) is 0 Å². The van der Waals surface area contributed by atoms with Gasteiger partial charge in [0.15, 0.2) is 0 Å². The molecule has 0 aromatic heterocycles. The summed E-state index contributed by atoms with van der Waals surface area (Å²) in [7, 11) is -4.85. The molecular formula is C86H146O6Si2. The summed E-state index contributed by atoms with van der Waals surface area (Å²) in [5.74, 6) is 0.907. The highest BCUT2D eigenvalue weighted by molar-refractivity contribution is 7.00. The predicted octanol–water partition coefficient (Wildman–Crippen LogP) is 23.2. The Morgan fingerprint density at radius 3 is 0.819 bits per heavy atom. The lowest BCUT2D eigenvalue weighted by Gasteiger charge is -2.43. The van der Waals surface area contributed by atoms with E-state index < -0.39 is 28.8 Å². The highest BCUT2D eigenvalue weighted by Crippen LogP contribution is 2.38. The lowest BCUT2D eigenvalue weighted by Crippen LogP contribution is -2.66. The molecule has 0 aliphatic rings. The van der Waals surface area contributed by atoms with E-state index in [1.165, 1.54) is 162 Å². The molecule has 6 nitrogen and oxygen atoms in total. The summed E-state index contributed by atoms with van der Waals surface area (Å²) < 4.78 is 14.0. The van der Waals surface area contributed by atoms with Gasteiger partial charge in [0.2, 0.25) is 0 Å². The lowest BCUT2D eigenvalue weighted by atomic mass is 9.99. The van der Waals surface area contributed by atoms with Crippen LogP contribution in [0.4, 0.5) is 0 Å². The molecule has 2 atom stereocenters. The molecule has 2 N–H and O–H groups in total. The Balaban J connectivity index is 0.000000921. The van der Waals surface area contributed by atoms with Crippen LogP contribution in [-0.4, -0.2) is 63.8 Å². The van der Waals surface area contributed by atoms with Gasteiger partial charge >= 0.3 is 0 Å². The molecule has 0 amide bonds. The Morgan fingerprint density at radius 1 is 0.340 bits per heavy atom. The molecule has 0 saturated carbocycles. The molecule has 0 spiro atoms. The number of hydrogen-bond acceptors (Lipinski definition) is 6. The average molecular weight is 1330 g/mol. The Bertz CT molecular complexity index is 2300. The Morgan fingerprint density at radius 2 is 0.564 bits per heavy atom. The molecule has 0 heterocycles. The summed E-state index contributed by atoms with van der Waals surface area (Å²) in [5, 5.41) is 25.8. The SMILES string of the molecule is C.C.CCCCCCC/C=C\CCCCCCCCC(=O)CCCCCCCCO[Si](c1ccccc1)(c1ccccc1)C(C)(C)C.CCCCCCCC(O)C(O)CCCCCCCCC(=O)CCCCCCCCO[Si](c1ccccc1)(c1ccccc1)C(C)(C)C. The fourth-order valence-electron chi connectivity index (χ4n) is 13.6.